The van der Waals surface area contributed by atoms with Crippen molar-refractivity contribution in [2.24, 2.45) is 4.99 Å². The fourth-order valence-electron chi connectivity index (χ4n) is 2.59. The predicted molar refractivity (Wildman–Crippen MR) is 113 cm³/mol. The summed E-state index contributed by atoms with van der Waals surface area (Å²) < 4.78 is 11.0. The molecule has 0 atom stereocenters. The molecule has 1 aliphatic heterocycles. The minimum Gasteiger partial charge on any atom is -0.494 e. The van der Waals surface area contributed by atoms with Gasteiger partial charge in [-0.1, -0.05) is 18.2 Å². The van der Waals surface area contributed by atoms with E-state index in [0.29, 0.717) is 13.2 Å². The Labute approximate surface area is 168 Å². The predicted octanol–water partition coefficient (Wildman–Crippen LogP) is 2.09. The Hall–Kier alpha value is -1.06. The number of nitrogens with one attached hydrogen (secondary N) is 2. The van der Waals surface area contributed by atoms with Crippen LogP contribution in [-0.4, -0.2) is 63.4 Å². The Morgan fingerprint density at radius 2 is 1.96 bits per heavy atom. The van der Waals surface area contributed by atoms with Crippen LogP contribution in [0.1, 0.15) is 19.4 Å². The number of guanidine groups is 1. The molecule has 0 saturated carbocycles. The second kappa shape index (κ2) is 13.2. The van der Waals surface area contributed by atoms with Gasteiger partial charge in [-0.15, -0.1) is 24.0 Å². The van der Waals surface area contributed by atoms with Gasteiger partial charge in [0.05, 0.1) is 26.4 Å². The summed E-state index contributed by atoms with van der Waals surface area (Å²) >= 11 is 0. The zero-order chi connectivity index (χ0) is 17.0. The highest BCUT2D eigenvalue weighted by Gasteiger charge is 2.09. The van der Waals surface area contributed by atoms with E-state index in [1.54, 1.807) is 0 Å². The summed E-state index contributed by atoms with van der Waals surface area (Å²) in [7, 11) is 0. The van der Waals surface area contributed by atoms with Gasteiger partial charge in [0.15, 0.2) is 5.96 Å². The first-order chi connectivity index (χ1) is 11.8. The molecule has 1 aromatic rings. The summed E-state index contributed by atoms with van der Waals surface area (Å²) in [5.74, 6) is 1.75. The van der Waals surface area contributed by atoms with Crippen molar-refractivity contribution in [3.05, 3.63) is 29.8 Å². The van der Waals surface area contributed by atoms with E-state index in [4.69, 9.17) is 9.47 Å². The molecule has 0 aromatic heterocycles. The third-order valence-corrected chi connectivity index (χ3v) is 3.85. The molecule has 0 radical (unpaired) electrons. The smallest absolute Gasteiger partial charge is 0.191 e. The molecule has 1 aromatic carbocycles. The van der Waals surface area contributed by atoms with Gasteiger partial charge in [0.25, 0.3) is 0 Å². The van der Waals surface area contributed by atoms with E-state index in [-0.39, 0.29) is 24.0 Å². The second-order valence-electron chi connectivity index (χ2n) is 5.62. The molecular weight excluding hydrogens is 431 g/mol. The van der Waals surface area contributed by atoms with Crippen LogP contribution in [0.15, 0.2) is 29.3 Å². The van der Waals surface area contributed by atoms with Gasteiger partial charge >= 0.3 is 0 Å². The summed E-state index contributed by atoms with van der Waals surface area (Å²) in [4.78, 5) is 7.09. The third-order valence-electron chi connectivity index (χ3n) is 3.85. The number of halogens is 1. The van der Waals surface area contributed by atoms with Gasteiger partial charge in [0.2, 0.25) is 0 Å². The first-order valence-electron chi connectivity index (χ1n) is 8.86. The van der Waals surface area contributed by atoms with Crippen LogP contribution in [0.4, 0.5) is 0 Å². The fourth-order valence-corrected chi connectivity index (χ4v) is 2.59. The van der Waals surface area contributed by atoms with Crippen LogP contribution in [-0.2, 0) is 11.3 Å². The van der Waals surface area contributed by atoms with Crippen LogP contribution in [0.25, 0.3) is 0 Å². The summed E-state index contributed by atoms with van der Waals surface area (Å²) in [6.45, 7) is 11.8. The average Bonchev–Trinajstić information content (AvgIpc) is 2.62. The summed E-state index contributed by atoms with van der Waals surface area (Å²) in [6.07, 6.45) is 0. The lowest BCUT2D eigenvalue weighted by atomic mass is 10.2. The van der Waals surface area contributed by atoms with Gasteiger partial charge < -0.3 is 20.1 Å². The zero-order valence-electron chi connectivity index (χ0n) is 15.3. The number of morpholine rings is 1. The molecule has 1 fully saturated rings. The van der Waals surface area contributed by atoms with Crippen molar-refractivity contribution < 1.29 is 9.47 Å². The zero-order valence-corrected chi connectivity index (χ0v) is 17.6. The van der Waals surface area contributed by atoms with E-state index in [1.165, 1.54) is 0 Å². The monoisotopic (exact) mass is 462 g/mol. The average molecular weight is 462 g/mol. The molecule has 0 spiro atoms. The number of benzene rings is 1. The molecule has 0 unspecified atom stereocenters. The topological polar surface area (TPSA) is 58.1 Å². The molecule has 0 aliphatic carbocycles. The highest BCUT2D eigenvalue weighted by molar-refractivity contribution is 14.0. The highest BCUT2D eigenvalue weighted by atomic mass is 127. The number of rotatable bonds is 8. The lowest BCUT2D eigenvalue weighted by Gasteiger charge is -2.26. The Morgan fingerprint density at radius 1 is 1.20 bits per heavy atom. The van der Waals surface area contributed by atoms with E-state index >= 15 is 0 Å². The summed E-state index contributed by atoms with van der Waals surface area (Å²) in [5.41, 5.74) is 1.10. The molecule has 25 heavy (non-hydrogen) atoms. The van der Waals surface area contributed by atoms with Gasteiger partial charge in [0.1, 0.15) is 5.75 Å². The van der Waals surface area contributed by atoms with Crippen molar-refractivity contribution in [1.82, 2.24) is 15.5 Å². The minimum atomic E-state index is 0. The maximum atomic E-state index is 5.66. The largest absolute Gasteiger partial charge is 0.494 e. The molecular formula is C18H31IN4O2. The normalized spacial score (nSPS) is 15.4. The van der Waals surface area contributed by atoms with Gasteiger partial charge in [-0.3, -0.25) is 4.90 Å². The van der Waals surface area contributed by atoms with Crippen LogP contribution in [0.2, 0.25) is 0 Å². The Morgan fingerprint density at radius 3 is 2.68 bits per heavy atom. The van der Waals surface area contributed by atoms with Crippen molar-refractivity contribution in [2.75, 3.05) is 52.5 Å². The molecule has 2 N–H and O–H groups in total. The lowest BCUT2D eigenvalue weighted by Crippen LogP contribution is -2.44. The van der Waals surface area contributed by atoms with E-state index in [9.17, 15) is 0 Å². The first kappa shape index (κ1) is 22.0. The van der Waals surface area contributed by atoms with Crippen LogP contribution >= 0.6 is 24.0 Å². The van der Waals surface area contributed by atoms with Gasteiger partial charge in [-0.25, -0.2) is 4.99 Å². The van der Waals surface area contributed by atoms with Crippen molar-refractivity contribution in [3.8, 4) is 5.75 Å². The van der Waals surface area contributed by atoms with E-state index in [1.807, 2.05) is 25.1 Å². The quantitative estimate of drug-likeness (QED) is 0.352. The van der Waals surface area contributed by atoms with Crippen LogP contribution in [0, 0.1) is 0 Å². The summed E-state index contributed by atoms with van der Waals surface area (Å²) in [5, 5.41) is 6.70. The molecule has 0 amide bonds. The Balaban J connectivity index is 0.00000312. The molecule has 1 aliphatic rings. The first-order valence-corrected chi connectivity index (χ1v) is 8.86. The number of hydrogen-bond acceptors (Lipinski definition) is 4. The van der Waals surface area contributed by atoms with E-state index < -0.39 is 0 Å². The van der Waals surface area contributed by atoms with Gasteiger partial charge in [0, 0.05) is 38.3 Å². The molecule has 1 saturated heterocycles. The SMILES string of the molecule is CCNC(=NCc1ccccc1OCC)NCCN1CCOCC1.I. The van der Waals surface area contributed by atoms with Crippen molar-refractivity contribution >= 4 is 29.9 Å². The van der Waals surface area contributed by atoms with Crippen molar-refractivity contribution in [3.63, 3.8) is 0 Å². The fraction of sp³-hybridized carbons (Fsp3) is 0.611. The lowest BCUT2D eigenvalue weighted by molar-refractivity contribution is 0.0389. The highest BCUT2D eigenvalue weighted by Crippen LogP contribution is 2.18. The van der Waals surface area contributed by atoms with Crippen LogP contribution in [0.3, 0.4) is 0 Å². The molecule has 0 bridgehead atoms. The second-order valence-corrected chi connectivity index (χ2v) is 5.62. The standard InChI is InChI=1S/C18H30N4O2.HI/c1-3-19-18(20-9-10-22-11-13-23-14-12-22)21-15-16-7-5-6-8-17(16)24-4-2;/h5-8H,3-4,9-15H2,1-2H3,(H2,19,20,21);1H. The number of ether oxygens (including phenoxy) is 2. The number of hydrogen-bond donors (Lipinski definition) is 2. The summed E-state index contributed by atoms with van der Waals surface area (Å²) in [6, 6.07) is 8.06. The molecule has 2 rings (SSSR count). The number of nitrogens with zero attached hydrogens (tertiary/aromatic N) is 2. The maximum Gasteiger partial charge on any atom is 0.191 e. The van der Waals surface area contributed by atoms with Crippen LogP contribution in [0.5, 0.6) is 5.75 Å². The van der Waals surface area contributed by atoms with Gasteiger partial charge in [-0.05, 0) is 19.9 Å². The van der Waals surface area contributed by atoms with Gasteiger partial charge in [-0.2, -0.15) is 0 Å². The van der Waals surface area contributed by atoms with Crippen molar-refractivity contribution in [1.29, 1.82) is 0 Å². The number of para-hydroxylation sites is 1. The molecule has 1 heterocycles. The van der Waals surface area contributed by atoms with E-state index in [2.05, 4.69) is 33.5 Å². The maximum absolute atomic E-state index is 5.66. The van der Waals surface area contributed by atoms with Crippen molar-refractivity contribution in [2.45, 2.75) is 20.4 Å². The number of aliphatic imine (C=N–C) groups is 1. The molecule has 142 valence electrons. The Bertz CT molecular complexity index is 508. The Kier molecular flexibility index (Phi) is 11.6. The molecule has 7 heteroatoms. The van der Waals surface area contributed by atoms with E-state index in [0.717, 1.165) is 63.2 Å². The van der Waals surface area contributed by atoms with Crippen LogP contribution < -0.4 is 15.4 Å². The third kappa shape index (κ3) is 8.24. The minimum absolute atomic E-state index is 0. The molecule has 6 nitrogen and oxygen atoms in total.